The molecule has 0 aliphatic rings. The molecular formula is C10H13N3O7S2. The molecule has 10 nitrogen and oxygen atoms in total. The van der Waals surface area contributed by atoms with E-state index in [1.165, 1.54) is 6.07 Å². The third-order valence-corrected chi connectivity index (χ3v) is 3.73. The van der Waals surface area contributed by atoms with Gasteiger partial charge in [-0.3, -0.25) is 14.3 Å². The lowest BCUT2D eigenvalue weighted by Crippen LogP contribution is -2.20. The van der Waals surface area contributed by atoms with Crippen LogP contribution in [0.15, 0.2) is 23.1 Å². The molecule has 0 radical (unpaired) electrons. The maximum atomic E-state index is 11.5. The van der Waals surface area contributed by atoms with E-state index < -0.39 is 43.2 Å². The first-order chi connectivity index (χ1) is 9.88. The molecule has 1 aromatic rings. The zero-order valence-corrected chi connectivity index (χ0v) is 12.9. The molecule has 0 fully saturated rings. The number of hydrogen-bond acceptors (Lipinski definition) is 6. The Balaban J connectivity index is 3.23. The average molecular weight is 351 g/mol. The monoisotopic (exact) mass is 351 g/mol. The van der Waals surface area contributed by atoms with Crippen molar-refractivity contribution >= 4 is 43.3 Å². The number of amides is 1. The summed E-state index contributed by atoms with van der Waals surface area (Å²) in [6.07, 6.45) is -0.000431. The minimum Gasteiger partial charge on any atom is -0.481 e. The number of carbonyl (C=O) groups is 2. The number of aliphatic carboxylic acids is 1. The van der Waals surface area contributed by atoms with Gasteiger partial charge in [0, 0.05) is 5.69 Å². The Morgan fingerprint density at radius 1 is 1.23 bits per heavy atom. The Bertz CT molecular complexity index is 815. The third kappa shape index (κ3) is 5.67. The molecule has 5 N–H and O–H groups in total. The van der Waals surface area contributed by atoms with E-state index in [1.54, 1.807) is 0 Å². The van der Waals surface area contributed by atoms with Crippen molar-refractivity contribution in [3.05, 3.63) is 18.2 Å². The quantitative estimate of drug-likeness (QED) is 0.481. The van der Waals surface area contributed by atoms with Gasteiger partial charge in [0.25, 0.3) is 0 Å². The molecule has 0 heterocycles. The van der Waals surface area contributed by atoms with Crippen LogP contribution in [0.2, 0.25) is 0 Å². The minimum atomic E-state index is -4.28. The van der Waals surface area contributed by atoms with Crippen LogP contribution in [-0.2, 0) is 29.6 Å². The predicted octanol–water partition coefficient (Wildman–Crippen LogP) is -0.881. The summed E-state index contributed by atoms with van der Waals surface area (Å²) in [6.45, 7) is 0. The van der Waals surface area contributed by atoms with Gasteiger partial charge in [-0.25, -0.2) is 22.0 Å². The van der Waals surface area contributed by atoms with Gasteiger partial charge in [0.15, 0.2) is 0 Å². The molecule has 1 aromatic carbocycles. The number of carbonyl (C=O) groups excluding carboxylic acids is 1. The number of benzene rings is 1. The van der Waals surface area contributed by atoms with Crippen LogP contribution in [0, 0.1) is 0 Å². The summed E-state index contributed by atoms with van der Waals surface area (Å²) in [4.78, 5) is 21.2. The van der Waals surface area contributed by atoms with E-state index in [1.807, 2.05) is 0 Å². The number of nitrogens with two attached hydrogens (primary N) is 1. The van der Waals surface area contributed by atoms with Crippen LogP contribution >= 0.6 is 0 Å². The summed E-state index contributed by atoms with van der Waals surface area (Å²) >= 11 is 0. The highest BCUT2D eigenvalue weighted by Gasteiger charge is 2.18. The molecule has 0 aliphatic heterocycles. The first-order valence-corrected chi connectivity index (χ1v) is 8.98. The molecule has 0 aliphatic carbocycles. The first-order valence-electron chi connectivity index (χ1n) is 5.55. The average Bonchev–Trinajstić information content (AvgIpc) is 2.26. The number of hydrogen-bond donors (Lipinski definition) is 4. The molecule has 0 spiro atoms. The van der Waals surface area contributed by atoms with E-state index in [2.05, 4.69) is 10.0 Å². The van der Waals surface area contributed by atoms with E-state index in [0.29, 0.717) is 0 Å². The maximum absolute atomic E-state index is 11.5. The summed E-state index contributed by atoms with van der Waals surface area (Å²) in [7, 11) is -7.92. The summed E-state index contributed by atoms with van der Waals surface area (Å²) in [5.74, 6) is -2.36. The molecule has 0 aromatic heterocycles. The number of anilines is 2. The lowest BCUT2D eigenvalue weighted by Gasteiger charge is -2.11. The summed E-state index contributed by atoms with van der Waals surface area (Å²) in [5, 5.41) is 15.6. The van der Waals surface area contributed by atoms with Crippen LogP contribution < -0.4 is 15.2 Å². The highest BCUT2D eigenvalue weighted by atomic mass is 32.2. The van der Waals surface area contributed by atoms with Crippen LogP contribution in [0.1, 0.15) is 6.42 Å². The fraction of sp³-hybridized carbons (Fsp3) is 0.200. The van der Waals surface area contributed by atoms with Gasteiger partial charge in [-0.15, -0.1) is 0 Å². The number of rotatable bonds is 6. The van der Waals surface area contributed by atoms with Crippen molar-refractivity contribution in [2.24, 2.45) is 5.14 Å². The van der Waals surface area contributed by atoms with Crippen molar-refractivity contribution in [2.75, 3.05) is 16.3 Å². The van der Waals surface area contributed by atoms with Crippen molar-refractivity contribution < 1.29 is 31.5 Å². The fourth-order valence-corrected chi connectivity index (χ4v) is 2.74. The molecule has 0 bridgehead atoms. The Morgan fingerprint density at radius 3 is 2.27 bits per heavy atom. The van der Waals surface area contributed by atoms with E-state index in [9.17, 15) is 26.4 Å². The molecule has 1 rings (SSSR count). The topological polar surface area (TPSA) is 173 Å². The summed E-state index contributed by atoms with van der Waals surface area (Å²) in [5.41, 5.74) is -0.337. The highest BCUT2D eigenvalue weighted by Crippen LogP contribution is 2.25. The van der Waals surface area contributed by atoms with Crippen molar-refractivity contribution in [2.45, 2.75) is 11.3 Å². The molecule has 0 saturated carbocycles. The van der Waals surface area contributed by atoms with E-state index in [0.717, 1.165) is 18.4 Å². The lowest BCUT2D eigenvalue weighted by molar-refractivity contribution is -0.139. The van der Waals surface area contributed by atoms with Gasteiger partial charge in [-0.05, 0) is 18.2 Å². The molecule has 12 heteroatoms. The van der Waals surface area contributed by atoms with Gasteiger partial charge in [-0.1, -0.05) is 0 Å². The van der Waals surface area contributed by atoms with Crippen LogP contribution in [0.5, 0.6) is 0 Å². The predicted molar refractivity (Wildman–Crippen MR) is 77.2 cm³/mol. The Morgan fingerprint density at radius 2 is 1.82 bits per heavy atom. The zero-order chi connectivity index (χ0) is 17.1. The SMILES string of the molecule is CS(=O)(=O)Nc1ccc(NC(=O)CC(=O)O)c(S(N)(=O)=O)c1. The first kappa shape index (κ1) is 17.9. The minimum absolute atomic E-state index is 0.0808. The molecule has 22 heavy (non-hydrogen) atoms. The zero-order valence-electron chi connectivity index (χ0n) is 11.2. The highest BCUT2D eigenvalue weighted by molar-refractivity contribution is 7.92. The van der Waals surface area contributed by atoms with E-state index in [4.69, 9.17) is 10.2 Å². The molecular weight excluding hydrogens is 338 g/mol. The van der Waals surface area contributed by atoms with E-state index in [-0.39, 0.29) is 11.4 Å². The maximum Gasteiger partial charge on any atom is 0.312 e. The number of sulfonamides is 2. The summed E-state index contributed by atoms with van der Waals surface area (Å²) < 4.78 is 47.3. The molecule has 122 valence electrons. The van der Waals surface area contributed by atoms with Crippen LogP contribution in [0.3, 0.4) is 0 Å². The Kier molecular flexibility index (Phi) is 5.11. The van der Waals surface area contributed by atoms with Gasteiger partial charge in [0.05, 0.1) is 11.9 Å². The Labute approximate surface area is 126 Å². The molecule has 0 atom stereocenters. The molecule has 1 amide bonds. The van der Waals surface area contributed by atoms with Crippen LogP contribution in [-0.4, -0.2) is 40.1 Å². The lowest BCUT2D eigenvalue weighted by atomic mass is 10.2. The molecule has 0 saturated heterocycles. The van der Waals surface area contributed by atoms with Gasteiger partial charge in [0.1, 0.15) is 11.3 Å². The largest absolute Gasteiger partial charge is 0.481 e. The second-order valence-electron chi connectivity index (χ2n) is 4.25. The van der Waals surface area contributed by atoms with Gasteiger partial charge in [-0.2, -0.15) is 0 Å². The van der Waals surface area contributed by atoms with Crippen LogP contribution in [0.4, 0.5) is 11.4 Å². The van der Waals surface area contributed by atoms with Crippen molar-refractivity contribution in [1.82, 2.24) is 0 Å². The second kappa shape index (κ2) is 6.29. The van der Waals surface area contributed by atoms with Crippen LogP contribution in [0.25, 0.3) is 0 Å². The van der Waals surface area contributed by atoms with Gasteiger partial charge < -0.3 is 10.4 Å². The summed E-state index contributed by atoms with van der Waals surface area (Å²) in [6, 6.07) is 3.19. The third-order valence-electron chi connectivity index (χ3n) is 2.18. The van der Waals surface area contributed by atoms with Gasteiger partial charge >= 0.3 is 5.97 Å². The van der Waals surface area contributed by atoms with E-state index >= 15 is 0 Å². The number of primary sulfonamides is 1. The number of nitrogens with one attached hydrogen (secondary N) is 2. The van der Waals surface area contributed by atoms with Gasteiger partial charge in [0.2, 0.25) is 26.0 Å². The van der Waals surface area contributed by atoms with Crippen molar-refractivity contribution in [3.63, 3.8) is 0 Å². The Hall–Kier alpha value is -2.18. The molecule has 0 unspecified atom stereocenters. The normalized spacial score (nSPS) is 11.7. The smallest absolute Gasteiger partial charge is 0.312 e. The second-order valence-corrected chi connectivity index (χ2v) is 7.53. The number of carboxylic acids is 1. The van der Waals surface area contributed by atoms with Crippen molar-refractivity contribution in [3.8, 4) is 0 Å². The standard InChI is InChI=1S/C10H13N3O7S2/c1-21(17,18)13-6-2-3-7(8(4-6)22(11,19)20)12-9(14)5-10(15)16/h2-4,13H,5H2,1H3,(H,12,14)(H,15,16)(H2,11,19,20). The van der Waals surface area contributed by atoms with Crippen molar-refractivity contribution in [1.29, 1.82) is 0 Å². The fourth-order valence-electron chi connectivity index (χ4n) is 1.47. The number of carboxylic acid groups (broad SMARTS) is 1.